The van der Waals surface area contributed by atoms with Gasteiger partial charge in [0, 0.05) is 0 Å². The van der Waals surface area contributed by atoms with Gasteiger partial charge in [0.25, 0.3) is 0 Å². The molecule has 33 heavy (non-hydrogen) atoms. The number of ether oxygens (including phenoxy) is 2. The van der Waals surface area contributed by atoms with E-state index in [0.29, 0.717) is 17.0 Å². The molecule has 4 rings (SSSR count). The predicted molar refractivity (Wildman–Crippen MR) is 118 cm³/mol. The minimum atomic E-state index is -0.675. The van der Waals surface area contributed by atoms with Crippen LogP contribution in [0.5, 0.6) is 5.75 Å². The number of para-hydroxylation sites is 2. The fraction of sp³-hybridized carbons (Fsp3) is 0.167. The summed E-state index contributed by atoms with van der Waals surface area (Å²) in [7, 11) is 0. The van der Waals surface area contributed by atoms with Crippen LogP contribution in [0.3, 0.4) is 0 Å². The van der Waals surface area contributed by atoms with Crippen molar-refractivity contribution in [3.05, 3.63) is 82.7 Å². The third-order valence-corrected chi connectivity index (χ3v) is 5.00. The molecule has 9 heteroatoms. The molecule has 0 saturated carbocycles. The van der Waals surface area contributed by atoms with Gasteiger partial charge in [-0.1, -0.05) is 23.4 Å². The number of aliphatic hydroxyl groups excluding tert-OH is 1. The average Bonchev–Trinajstić information content (AvgIpc) is 3.39. The third-order valence-electron chi connectivity index (χ3n) is 5.00. The van der Waals surface area contributed by atoms with Crippen molar-refractivity contribution in [1.29, 1.82) is 5.26 Å². The molecule has 2 heterocycles. The first kappa shape index (κ1) is 21.6. The molecule has 9 nitrogen and oxygen atoms in total. The summed E-state index contributed by atoms with van der Waals surface area (Å²) < 4.78 is 16.1. The largest absolute Gasteiger partial charge is 0.507 e. The lowest BCUT2D eigenvalue weighted by Crippen LogP contribution is -2.09. The summed E-state index contributed by atoms with van der Waals surface area (Å²) in [6.45, 7) is 3.38. The zero-order valence-electron chi connectivity index (χ0n) is 18.0. The summed E-state index contributed by atoms with van der Waals surface area (Å²) in [5.41, 5.74) is 3.09. The van der Waals surface area contributed by atoms with Gasteiger partial charge >= 0.3 is 5.97 Å². The highest BCUT2D eigenvalue weighted by Crippen LogP contribution is 2.21. The number of carbonyl (C=O) groups excluding carboxylic acids is 1. The van der Waals surface area contributed by atoms with E-state index in [1.165, 1.54) is 6.07 Å². The van der Waals surface area contributed by atoms with Gasteiger partial charge < -0.3 is 24.1 Å². The minimum Gasteiger partial charge on any atom is -0.507 e. The van der Waals surface area contributed by atoms with Crippen molar-refractivity contribution in [3.8, 4) is 11.8 Å². The van der Waals surface area contributed by atoms with E-state index in [4.69, 9.17) is 14.0 Å². The maximum atomic E-state index is 12.5. The number of hydrogen-bond acceptors (Lipinski definition) is 8. The van der Waals surface area contributed by atoms with Crippen LogP contribution in [0.2, 0.25) is 0 Å². The molecular weight excluding hydrogens is 424 g/mol. The SMILES string of the molecule is Cc1noc(C)c1COc1cccc(C(=O)OCC(O)=C(C#N)c2nc3ccccc3[nH]2)c1. The Labute approximate surface area is 188 Å². The highest BCUT2D eigenvalue weighted by Gasteiger charge is 2.16. The number of carbonyl (C=O) groups is 1. The monoisotopic (exact) mass is 444 g/mol. The molecule has 0 bridgehead atoms. The van der Waals surface area contributed by atoms with Gasteiger partial charge in [0.1, 0.15) is 36.4 Å². The first-order chi connectivity index (χ1) is 16.0. The fourth-order valence-corrected chi connectivity index (χ4v) is 3.19. The van der Waals surface area contributed by atoms with Crippen molar-refractivity contribution in [2.45, 2.75) is 20.5 Å². The zero-order chi connectivity index (χ0) is 23.4. The Morgan fingerprint density at radius 3 is 2.76 bits per heavy atom. The van der Waals surface area contributed by atoms with E-state index in [1.54, 1.807) is 37.3 Å². The van der Waals surface area contributed by atoms with E-state index >= 15 is 0 Å². The Balaban J connectivity index is 1.43. The maximum absolute atomic E-state index is 12.5. The quantitative estimate of drug-likeness (QED) is 0.243. The minimum absolute atomic E-state index is 0.101. The molecule has 0 unspecified atom stereocenters. The molecule has 0 aliphatic rings. The Bertz CT molecular complexity index is 1340. The maximum Gasteiger partial charge on any atom is 0.338 e. The van der Waals surface area contributed by atoms with E-state index in [9.17, 15) is 15.2 Å². The van der Waals surface area contributed by atoms with E-state index in [2.05, 4.69) is 15.1 Å². The molecule has 0 fully saturated rings. The smallest absolute Gasteiger partial charge is 0.338 e. The summed E-state index contributed by atoms with van der Waals surface area (Å²) in [6, 6.07) is 15.6. The molecule has 0 spiro atoms. The van der Waals surface area contributed by atoms with Crippen LogP contribution in [0.15, 0.2) is 58.8 Å². The molecule has 0 amide bonds. The second kappa shape index (κ2) is 9.28. The summed E-state index contributed by atoms with van der Waals surface area (Å²) in [5, 5.41) is 23.7. The number of aromatic amines is 1. The van der Waals surface area contributed by atoms with E-state index in [-0.39, 0.29) is 23.6 Å². The number of allylic oxidation sites excluding steroid dienone is 1. The number of rotatable bonds is 7. The van der Waals surface area contributed by atoms with E-state index < -0.39 is 18.3 Å². The Kier molecular flexibility index (Phi) is 6.09. The van der Waals surface area contributed by atoms with E-state index in [1.807, 2.05) is 25.1 Å². The number of nitriles is 1. The van der Waals surface area contributed by atoms with Crippen molar-refractivity contribution in [3.63, 3.8) is 0 Å². The molecular formula is C24H20N4O5. The molecule has 0 aliphatic heterocycles. The number of nitrogens with zero attached hydrogens (tertiary/aromatic N) is 3. The Morgan fingerprint density at radius 1 is 1.21 bits per heavy atom. The van der Waals surface area contributed by atoms with Crippen LogP contribution < -0.4 is 4.74 Å². The number of aromatic nitrogens is 3. The molecule has 0 aliphatic carbocycles. The van der Waals surface area contributed by atoms with Crippen molar-refractivity contribution in [2.24, 2.45) is 0 Å². The highest BCUT2D eigenvalue weighted by atomic mass is 16.5. The van der Waals surface area contributed by atoms with Gasteiger partial charge in [-0.2, -0.15) is 5.26 Å². The lowest BCUT2D eigenvalue weighted by Gasteiger charge is -2.09. The van der Waals surface area contributed by atoms with Gasteiger partial charge in [-0.25, -0.2) is 9.78 Å². The second-order valence-corrected chi connectivity index (χ2v) is 7.23. The highest BCUT2D eigenvalue weighted by molar-refractivity contribution is 5.90. The fourth-order valence-electron chi connectivity index (χ4n) is 3.19. The van der Waals surface area contributed by atoms with Gasteiger partial charge in [0.2, 0.25) is 0 Å². The normalized spacial score (nSPS) is 11.7. The summed E-state index contributed by atoms with van der Waals surface area (Å²) in [5.74, 6) is 0.246. The summed E-state index contributed by atoms with van der Waals surface area (Å²) in [6.07, 6.45) is 0. The number of benzene rings is 2. The lowest BCUT2D eigenvalue weighted by atomic mass is 10.2. The lowest BCUT2D eigenvalue weighted by molar-refractivity contribution is 0.0502. The molecule has 0 saturated heterocycles. The van der Waals surface area contributed by atoms with Gasteiger partial charge in [0.15, 0.2) is 11.6 Å². The Morgan fingerprint density at radius 2 is 2.03 bits per heavy atom. The van der Waals surface area contributed by atoms with E-state index in [0.717, 1.165) is 16.8 Å². The number of H-pyrrole nitrogens is 1. The van der Waals surface area contributed by atoms with Crippen molar-refractivity contribution >= 4 is 22.6 Å². The van der Waals surface area contributed by atoms with Crippen LogP contribution >= 0.6 is 0 Å². The molecule has 2 aromatic carbocycles. The van der Waals surface area contributed by atoms with Gasteiger partial charge in [-0.05, 0) is 44.2 Å². The number of aliphatic hydroxyl groups is 1. The molecule has 0 radical (unpaired) electrons. The molecule has 4 aromatic rings. The van der Waals surface area contributed by atoms with Gasteiger partial charge in [0.05, 0.1) is 27.9 Å². The van der Waals surface area contributed by atoms with Crippen LogP contribution in [0.1, 0.15) is 33.2 Å². The number of hydrogen-bond donors (Lipinski definition) is 2. The van der Waals surface area contributed by atoms with Crippen LogP contribution in [-0.4, -0.2) is 32.8 Å². The topological polar surface area (TPSA) is 134 Å². The van der Waals surface area contributed by atoms with Gasteiger partial charge in [-0.15, -0.1) is 0 Å². The van der Waals surface area contributed by atoms with Gasteiger partial charge in [-0.3, -0.25) is 0 Å². The summed E-state index contributed by atoms with van der Waals surface area (Å²) >= 11 is 0. The molecule has 2 aromatic heterocycles. The molecule has 2 N–H and O–H groups in total. The van der Waals surface area contributed by atoms with Crippen LogP contribution in [0.25, 0.3) is 16.6 Å². The second-order valence-electron chi connectivity index (χ2n) is 7.23. The van der Waals surface area contributed by atoms with Crippen LogP contribution in [-0.2, 0) is 11.3 Å². The Hall–Kier alpha value is -4.58. The number of nitrogens with one attached hydrogen (secondary N) is 1. The third kappa shape index (κ3) is 4.70. The zero-order valence-corrected chi connectivity index (χ0v) is 18.0. The predicted octanol–water partition coefficient (Wildman–Crippen LogP) is 4.40. The van der Waals surface area contributed by atoms with Crippen molar-refractivity contribution in [2.75, 3.05) is 6.61 Å². The van der Waals surface area contributed by atoms with Crippen LogP contribution in [0.4, 0.5) is 0 Å². The number of fused-ring (bicyclic) bond motifs is 1. The standard InChI is InChI=1S/C24H20N4O5/c1-14-19(15(2)33-28-14)12-31-17-7-5-6-16(10-17)24(30)32-13-22(29)18(11-25)23-26-20-8-3-4-9-21(20)27-23/h3-10,29H,12-13H2,1-2H3,(H,26,27). The summed E-state index contributed by atoms with van der Waals surface area (Å²) in [4.78, 5) is 19.7. The first-order valence-corrected chi connectivity index (χ1v) is 10.1. The first-order valence-electron chi connectivity index (χ1n) is 10.1. The average molecular weight is 444 g/mol. The number of esters is 1. The van der Waals surface area contributed by atoms with Crippen LogP contribution in [0, 0.1) is 25.2 Å². The van der Waals surface area contributed by atoms with Crippen molar-refractivity contribution < 1.29 is 23.9 Å². The molecule has 166 valence electrons. The molecule has 0 atom stereocenters. The van der Waals surface area contributed by atoms with Crippen molar-refractivity contribution in [1.82, 2.24) is 15.1 Å². The number of aryl methyl sites for hydroxylation is 2. The number of imidazole rings is 1.